The first-order chi connectivity index (χ1) is 6.65. The number of nitrogens with two attached hydrogens (primary N) is 1. The zero-order valence-corrected chi connectivity index (χ0v) is 8.86. The van der Waals surface area contributed by atoms with Crippen molar-refractivity contribution in [1.82, 2.24) is 10.1 Å². The second-order valence-electron chi connectivity index (χ2n) is 3.41. The van der Waals surface area contributed by atoms with Gasteiger partial charge >= 0.3 is 0 Å². The van der Waals surface area contributed by atoms with Gasteiger partial charge in [-0.05, 0) is 6.92 Å². The van der Waals surface area contributed by atoms with Crippen LogP contribution in [0.5, 0.6) is 0 Å². The Morgan fingerprint density at radius 2 is 2.21 bits per heavy atom. The highest BCUT2D eigenvalue weighted by Crippen LogP contribution is 2.13. The van der Waals surface area contributed by atoms with E-state index in [1.165, 1.54) is 0 Å². The van der Waals surface area contributed by atoms with Gasteiger partial charge in [-0.3, -0.25) is 0 Å². The summed E-state index contributed by atoms with van der Waals surface area (Å²) in [5.41, 5.74) is 5.78. The van der Waals surface area contributed by atoms with E-state index in [4.69, 9.17) is 15.0 Å². The Bertz CT molecular complexity index is 273. The van der Waals surface area contributed by atoms with E-state index in [1.807, 2.05) is 20.8 Å². The molecule has 0 aliphatic carbocycles. The lowest BCUT2D eigenvalue weighted by atomic mass is 10.2. The average molecular weight is 199 g/mol. The van der Waals surface area contributed by atoms with Crippen molar-refractivity contribution in [1.29, 1.82) is 0 Å². The van der Waals surface area contributed by atoms with Crippen LogP contribution in [0.4, 0.5) is 0 Å². The Morgan fingerprint density at radius 1 is 1.50 bits per heavy atom. The van der Waals surface area contributed by atoms with Gasteiger partial charge in [-0.1, -0.05) is 19.0 Å². The third-order valence-electron chi connectivity index (χ3n) is 1.78. The zero-order chi connectivity index (χ0) is 10.6. The molecule has 1 atom stereocenters. The van der Waals surface area contributed by atoms with Gasteiger partial charge in [0.2, 0.25) is 5.89 Å². The van der Waals surface area contributed by atoms with Crippen LogP contribution < -0.4 is 5.73 Å². The van der Waals surface area contributed by atoms with Gasteiger partial charge in [0.25, 0.3) is 0 Å². The van der Waals surface area contributed by atoms with Crippen molar-refractivity contribution < 1.29 is 9.26 Å². The van der Waals surface area contributed by atoms with E-state index in [-0.39, 0.29) is 12.0 Å². The molecule has 0 saturated carbocycles. The van der Waals surface area contributed by atoms with Crippen LogP contribution in [-0.4, -0.2) is 23.4 Å². The standard InChI is InChI=1S/C9H17N3O2/c1-4-13-5-7(10)8-11-9(6(2)3)14-12-8/h6-7H,4-5,10H2,1-3H3. The van der Waals surface area contributed by atoms with Crippen molar-refractivity contribution in [2.24, 2.45) is 5.73 Å². The highest BCUT2D eigenvalue weighted by molar-refractivity contribution is 4.95. The SMILES string of the molecule is CCOCC(N)c1noc(C(C)C)n1. The maximum Gasteiger partial charge on any atom is 0.229 e. The van der Waals surface area contributed by atoms with Crippen molar-refractivity contribution in [2.75, 3.05) is 13.2 Å². The van der Waals surface area contributed by atoms with E-state index < -0.39 is 0 Å². The summed E-state index contributed by atoms with van der Waals surface area (Å²) < 4.78 is 10.2. The molecule has 1 heterocycles. The average Bonchev–Trinajstić information content (AvgIpc) is 2.62. The summed E-state index contributed by atoms with van der Waals surface area (Å²) in [6, 6.07) is -0.300. The van der Waals surface area contributed by atoms with Crippen LogP contribution >= 0.6 is 0 Å². The molecule has 1 aromatic rings. The minimum absolute atomic E-state index is 0.232. The monoisotopic (exact) mass is 199 g/mol. The predicted octanol–water partition coefficient (Wildman–Crippen LogP) is 1.23. The molecular formula is C9H17N3O2. The summed E-state index contributed by atoms with van der Waals surface area (Å²) in [6.07, 6.45) is 0. The molecule has 0 aromatic carbocycles. The summed E-state index contributed by atoms with van der Waals surface area (Å²) in [4.78, 5) is 4.18. The fourth-order valence-corrected chi connectivity index (χ4v) is 0.952. The minimum Gasteiger partial charge on any atom is -0.380 e. The molecule has 1 unspecified atom stereocenters. The maximum absolute atomic E-state index is 5.78. The van der Waals surface area contributed by atoms with Crippen LogP contribution in [0.3, 0.4) is 0 Å². The predicted molar refractivity (Wildman–Crippen MR) is 51.8 cm³/mol. The van der Waals surface area contributed by atoms with Crippen molar-refractivity contribution in [2.45, 2.75) is 32.7 Å². The van der Waals surface area contributed by atoms with Crippen LogP contribution in [0.2, 0.25) is 0 Å². The van der Waals surface area contributed by atoms with Crippen molar-refractivity contribution in [3.05, 3.63) is 11.7 Å². The molecule has 0 aliphatic heterocycles. The van der Waals surface area contributed by atoms with Gasteiger partial charge in [0.1, 0.15) is 0 Å². The smallest absolute Gasteiger partial charge is 0.229 e. The highest BCUT2D eigenvalue weighted by atomic mass is 16.5. The Kier molecular flexibility index (Phi) is 4.03. The number of hydrogen-bond donors (Lipinski definition) is 1. The number of nitrogens with zero attached hydrogens (tertiary/aromatic N) is 2. The van der Waals surface area contributed by atoms with Crippen LogP contribution in [0.15, 0.2) is 4.52 Å². The van der Waals surface area contributed by atoms with Crippen LogP contribution in [0, 0.1) is 0 Å². The Morgan fingerprint density at radius 3 is 2.71 bits per heavy atom. The number of hydrogen-bond acceptors (Lipinski definition) is 5. The van der Waals surface area contributed by atoms with Gasteiger partial charge in [0.05, 0.1) is 12.6 Å². The van der Waals surface area contributed by atoms with Crippen molar-refractivity contribution in [3.63, 3.8) is 0 Å². The summed E-state index contributed by atoms with van der Waals surface area (Å²) in [5.74, 6) is 1.37. The Balaban J connectivity index is 2.57. The van der Waals surface area contributed by atoms with E-state index in [2.05, 4.69) is 10.1 Å². The van der Waals surface area contributed by atoms with Gasteiger partial charge in [0.15, 0.2) is 5.82 Å². The zero-order valence-electron chi connectivity index (χ0n) is 8.86. The summed E-state index contributed by atoms with van der Waals surface area (Å²) >= 11 is 0. The van der Waals surface area contributed by atoms with Crippen LogP contribution in [0.1, 0.15) is 44.4 Å². The molecule has 80 valence electrons. The lowest BCUT2D eigenvalue weighted by Crippen LogP contribution is -2.18. The van der Waals surface area contributed by atoms with Gasteiger partial charge in [-0.2, -0.15) is 4.98 Å². The molecule has 0 saturated heterocycles. The summed E-state index contributed by atoms with van der Waals surface area (Å²) in [7, 11) is 0. The summed E-state index contributed by atoms with van der Waals surface area (Å²) in [5, 5.41) is 3.80. The molecule has 0 fully saturated rings. The van der Waals surface area contributed by atoms with Gasteiger partial charge in [-0.25, -0.2) is 0 Å². The van der Waals surface area contributed by atoms with Crippen molar-refractivity contribution >= 4 is 0 Å². The topological polar surface area (TPSA) is 74.2 Å². The Hall–Kier alpha value is -0.940. The van der Waals surface area contributed by atoms with E-state index in [1.54, 1.807) is 0 Å². The van der Waals surface area contributed by atoms with Crippen molar-refractivity contribution in [3.8, 4) is 0 Å². The third kappa shape index (κ3) is 2.78. The van der Waals surface area contributed by atoms with Gasteiger partial charge < -0.3 is 15.0 Å². The molecule has 0 amide bonds. The van der Waals surface area contributed by atoms with E-state index in [9.17, 15) is 0 Å². The van der Waals surface area contributed by atoms with Gasteiger partial charge in [0, 0.05) is 12.5 Å². The largest absolute Gasteiger partial charge is 0.380 e. The lowest BCUT2D eigenvalue weighted by molar-refractivity contribution is 0.130. The first kappa shape index (κ1) is 11.1. The second-order valence-corrected chi connectivity index (χ2v) is 3.41. The fraction of sp³-hybridized carbons (Fsp3) is 0.778. The van der Waals surface area contributed by atoms with Gasteiger partial charge in [-0.15, -0.1) is 0 Å². The fourth-order valence-electron chi connectivity index (χ4n) is 0.952. The molecule has 2 N–H and O–H groups in total. The maximum atomic E-state index is 5.78. The normalized spacial score (nSPS) is 13.5. The minimum atomic E-state index is -0.300. The second kappa shape index (κ2) is 5.07. The third-order valence-corrected chi connectivity index (χ3v) is 1.78. The molecule has 0 aliphatic rings. The first-order valence-corrected chi connectivity index (χ1v) is 4.82. The highest BCUT2D eigenvalue weighted by Gasteiger charge is 2.15. The molecule has 5 heteroatoms. The molecule has 0 radical (unpaired) electrons. The Labute approximate surface area is 83.6 Å². The molecule has 1 rings (SSSR count). The molecular weight excluding hydrogens is 182 g/mol. The quantitative estimate of drug-likeness (QED) is 0.772. The number of rotatable bonds is 5. The number of aromatic nitrogens is 2. The van der Waals surface area contributed by atoms with Crippen LogP contribution in [-0.2, 0) is 4.74 Å². The molecule has 0 bridgehead atoms. The van der Waals surface area contributed by atoms with E-state index >= 15 is 0 Å². The first-order valence-electron chi connectivity index (χ1n) is 4.82. The van der Waals surface area contributed by atoms with E-state index in [0.29, 0.717) is 24.9 Å². The molecule has 5 nitrogen and oxygen atoms in total. The molecule has 0 spiro atoms. The van der Waals surface area contributed by atoms with E-state index in [0.717, 1.165) is 0 Å². The summed E-state index contributed by atoms with van der Waals surface area (Å²) in [6.45, 7) is 6.97. The lowest BCUT2D eigenvalue weighted by Gasteiger charge is -2.05. The van der Waals surface area contributed by atoms with Crippen LogP contribution in [0.25, 0.3) is 0 Å². The molecule has 1 aromatic heterocycles. The number of ether oxygens (including phenoxy) is 1. The molecule has 14 heavy (non-hydrogen) atoms.